The molecular weight excluding hydrogens is 364 g/mol. The van der Waals surface area contributed by atoms with Crippen molar-refractivity contribution in [3.63, 3.8) is 0 Å². The van der Waals surface area contributed by atoms with Crippen LogP contribution in [0.5, 0.6) is 0 Å². The van der Waals surface area contributed by atoms with E-state index in [0.717, 1.165) is 31.8 Å². The van der Waals surface area contributed by atoms with Gasteiger partial charge in [0.05, 0.1) is 26.0 Å². The van der Waals surface area contributed by atoms with Gasteiger partial charge in [0.1, 0.15) is 13.1 Å². The van der Waals surface area contributed by atoms with Crippen molar-refractivity contribution in [2.45, 2.75) is 25.3 Å². The lowest BCUT2D eigenvalue weighted by molar-refractivity contribution is -0.938. The number of nitrogens with zero attached hydrogens (tertiary/aromatic N) is 1. The molecule has 1 aromatic heterocycles. The van der Waals surface area contributed by atoms with Crippen molar-refractivity contribution in [2.24, 2.45) is 0 Å². The van der Waals surface area contributed by atoms with Gasteiger partial charge in [-0.05, 0) is 25.0 Å². The molecular formula is C19H29N4O5+. The second-order valence-corrected chi connectivity index (χ2v) is 7.14. The summed E-state index contributed by atoms with van der Waals surface area (Å²) in [5, 5.41) is 5.34. The second kappa shape index (κ2) is 10.2. The van der Waals surface area contributed by atoms with E-state index in [1.807, 2.05) is 12.1 Å². The van der Waals surface area contributed by atoms with E-state index in [9.17, 15) is 14.4 Å². The molecule has 0 aliphatic carbocycles. The molecule has 154 valence electrons. The van der Waals surface area contributed by atoms with Crippen LogP contribution in [-0.2, 0) is 19.1 Å². The normalized spacial score (nSPS) is 18.9. The summed E-state index contributed by atoms with van der Waals surface area (Å²) >= 11 is 0. The van der Waals surface area contributed by atoms with Crippen molar-refractivity contribution >= 4 is 17.7 Å². The van der Waals surface area contributed by atoms with Gasteiger partial charge in [0.25, 0.3) is 0 Å². The predicted octanol–water partition coefficient (Wildman–Crippen LogP) is -1.52. The third-order valence-corrected chi connectivity index (χ3v) is 5.25. The Kier molecular flexibility index (Phi) is 7.44. The lowest BCUT2D eigenvalue weighted by Gasteiger charge is -2.30. The largest absolute Gasteiger partial charge is 0.463 e. The number of hydrogen-bond acceptors (Lipinski definition) is 5. The van der Waals surface area contributed by atoms with Gasteiger partial charge in [0.2, 0.25) is 5.91 Å². The third-order valence-electron chi connectivity index (χ3n) is 5.25. The highest BCUT2D eigenvalue weighted by Gasteiger charge is 2.29. The summed E-state index contributed by atoms with van der Waals surface area (Å²) in [6, 6.07) is 3.65. The predicted molar refractivity (Wildman–Crippen MR) is 99.4 cm³/mol. The first-order valence-electron chi connectivity index (χ1n) is 9.94. The Labute approximate surface area is 164 Å². The molecule has 0 bridgehead atoms. The van der Waals surface area contributed by atoms with E-state index in [1.165, 1.54) is 4.90 Å². The van der Waals surface area contributed by atoms with Crippen LogP contribution in [-0.4, -0.2) is 75.1 Å². The highest BCUT2D eigenvalue weighted by molar-refractivity contribution is 6.35. The summed E-state index contributed by atoms with van der Waals surface area (Å²) in [5.74, 6) is -0.351. The van der Waals surface area contributed by atoms with Crippen molar-refractivity contribution in [2.75, 3.05) is 52.5 Å². The van der Waals surface area contributed by atoms with E-state index < -0.39 is 11.8 Å². The standard InChI is InChI=1S/C19H28N4O5/c24-17-5-1-7-23(17)8-3-6-20-18(25)19(26)21-14-15(16-4-2-11-28-16)22-9-12-27-13-10-22/h2,4,11,15H,1,3,5-10,12-14H2,(H,20,25)(H,21,26)/p+1/t15-/m0/s1. The molecule has 0 saturated carbocycles. The molecule has 3 amide bonds. The fraction of sp³-hybridized carbons (Fsp3) is 0.632. The fourth-order valence-electron chi connectivity index (χ4n) is 3.69. The third kappa shape index (κ3) is 5.56. The second-order valence-electron chi connectivity index (χ2n) is 7.14. The number of carbonyl (C=O) groups is 3. The molecule has 3 heterocycles. The molecule has 28 heavy (non-hydrogen) atoms. The highest BCUT2D eigenvalue weighted by atomic mass is 16.5. The van der Waals surface area contributed by atoms with Crippen LogP contribution in [0.1, 0.15) is 31.1 Å². The molecule has 2 fully saturated rings. The van der Waals surface area contributed by atoms with Gasteiger partial charge in [-0.1, -0.05) is 0 Å². The van der Waals surface area contributed by atoms with Crippen LogP contribution in [0.25, 0.3) is 0 Å². The molecule has 0 aromatic carbocycles. The van der Waals surface area contributed by atoms with Crippen LogP contribution in [0, 0.1) is 0 Å². The number of nitrogens with one attached hydrogen (secondary N) is 3. The molecule has 3 rings (SSSR count). The summed E-state index contributed by atoms with van der Waals surface area (Å²) in [7, 11) is 0. The number of amides is 3. The Morgan fingerprint density at radius 2 is 2.00 bits per heavy atom. The minimum Gasteiger partial charge on any atom is -0.463 e. The molecule has 0 radical (unpaired) electrons. The maximum Gasteiger partial charge on any atom is 0.309 e. The number of hydrogen-bond donors (Lipinski definition) is 3. The Balaban J connectivity index is 1.40. The van der Waals surface area contributed by atoms with Crippen LogP contribution in [0.4, 0.5) is 0 Å². The number of quaternary nitrogens is 1. The van der Waals surface area contributed by atoms with Gasteiger partial charge in [-0.3, -0.25) is 14.4 Å². The molecule has 9 heteroatoms. The quantitative estimate of drug-likeness (QED) is 0.368. The fourth-order valence-corrected chi connectivity index (χ4v) is 3.69. The zero-order valence-corrected chi connectivity index (χ0v) is 16.1. The van der Waals surface area contributed by atoms with Gasteiger partial charge < -0.3 is 29.6 Å². The van der Waals surface area contributed by atoms with E-state index in [1.54, 1.807) is 11.2 Å². The van der Waals surface area contributed by atoms with E-state index in [0.29, 0.717) is 45.7 Å². The summed E-state index contributed by atoms with van der Waals surface area (Å²) in [5.41, 5.74) is 0. The number of ether oxygens (including phenoxy) is 1. The van der Waals surface area contributed by atoms with Crippen LogP contribution >= 0.6 is 0 Å². The molecule has 2 aliphatic heterocycles. The Morgan fingerprint density at radius 1 is 1.21 bits per heavy atom. The minimum atomic E-state index is -0.651. The van der Waals surface area contributed by atoms with E-state index >= 15 is 0 Å². The van der Waals surface area contributed by atoms with Crippen molar-refractivity contribution < 1.29 is 28.4 Å². The van der Waals surface area contributed by atoms with Gasteiger partial charge in [-0.25, -0.2) is 0 Å². The lowest BCUT2D eigenvalue weighted by atomic mass is 10.1. The molecule has 1 atom stereocenters. The summed E-state index contributed by atoms with van der Waals surface area (Å²) in [4.78, 5) is 38.8. The van der Waals surface area contributed by atoms with E-state index in [4.69, 9.17) is 9.15 Å². The number of carbonyl (C=O) groups excluding carboxylic acids is 3. The first kappa shape index (κ1) is 20.3. The monoisotopic (exact) mass is 393 g/mol. The van der Waals surface area contributed by atoms with Crippen LogP contribution in [0.2, 0.25) is 0 Å². The first-order chi connectivity index (χ1) is 13.6. The lowest BCUT2D eigenvalue weighted by Crippen LogP contribution is -3.15. The van der Waals surface area contributed by atoms with Crippen LogP contribution in [0.3, 0.4) is 0 Å². The molecule has 9 nitrogen and oxygen atoms in total. The molecule has 0 spiro atoms. The van der Waals surface area contributed by atoms with Crippen molar-refractivity contribution in [1.82, 2.24) is 15.5 Å². The Morgan fingerprint density at radius 3 is 2.68 bits per heavy atom. The zero-order valence-electron chi connectivity index (χ0n) is 16.1. The number of morpholine rings is 1. The van der Waals surface area contributed by atoms with Gasteiger partial charge in [0.15, 0.2) is 11.8 Å². The van der Waals surface area contributed by atoms with Crippen molar-refractivity contribution in [1.29, 1.82) is 0 Å². The number of furan rings is 1. The molecule has 2 saturated heterocycles. The number of likely N-dealkylation sites (tertiary alicyclic amines) is 1. The van der Waals surface area contributed by atoms with Gasteiger partial charge in [-0.2, -0.15) is 0 Å². The SMILES string of the molecule is O=C(NCCCN1CCCC1=O)C(=O)NC[C@@H](c1ccco1)[NH+]1CCOCC1. The molecule has 0 unspecified atom stereocenters. The summed E-state index contributed by atoms with van der Waals surface area (Å²) in [6.45, 7) is 5.06. The van der Waals surface area contributed by atoms with E-state index in [-0.39, 0.29) is 11.9 Å². The van der Waals surface area contributed by atoms with Gasteiger partial charge >= 0.3 is 11.8 Å². The molecule has 2 aliphatic rings. The zero-order chi connectivity index (χ0) is 19.8. The average molecular weight is 393 g/mol. The van der Waals surface area contributed by atoms with Crippen LogP contribution < -0.4 is 15.5 Å². The minimum absolute atomic E-state index is 0.0585. The smallest absolute Gasteiger partial charge is 0.309 e. The molecule has 3 N–H and O–H groups in total. The van der Waals surface area contributed by atoms with Crippen LogP contribution in [0.15, 0.2) is 22.8 Å². The highest BCUT2D eigenvalue weighted by Crippen LogP contribution is 2.10. The van der Waals surface area contributed by atoms with Gasteiger partial charge in [-0.15, -0.1) is 0 Å². The summed E-state index contributed by atoms with van der Waals surface area (Å²) < 4.78 is 10.9. The molecule has 1 aromatic rings. The maximum absolute atomic E-state index is 12.2. The average Bonchev–Trinajstić information content (AvgIpc) is 3.38. The Hall–Kier alpha value is -2.39. The topological polar surface area (TPSA) is 105 Å². The van der Waals surface area contributed by atoms with E-state index in [2.05, 4.69) is 10.6 Å². The number of rotatable bonds is 8. The summed E-state index contributed by atoms with van der Waals surface area (Å²) in [6.07, 6.45) is 3.76. The van der Waals surface area contributed by atoms with Crippen molar-refractivity contribution in [3.05, 3.63) is 24.2 Å². The van der Waals surface area contributed by atoms with Gasteiger partial charge in [0, 0.05) is 26.1 Å². The van der Waals surface area contributed by atoms with Crippen molar-refractivity contribution in [3.8, 4) is 0 Å². The Bertz CT molecular complexity index is 657. The maximum atomic E-state index is 12.2. The first-order valence-corrected chi connectivity index (χ1v) is 9.94.